The first-order valence-electron chi connectivity index (χ1n) is 32.9. The van der Waals surface area contributed by atoms with Gasteiger partial charge < -0.3 is 111 Å². The maximum absolute atomic E-state index is 14.7. The molecule has 0 bridgehead atoms. The molecule has 0 fully saturated rings. The highest BCUT2D eigenvalue weighted by molar-refractivity contribution is 6.00. The standard InChI is InChI=1S/C61H100N16O20.C2HF3O2/c1-10-32(4)48(75-51(87)36(62)21-24-45(80)81)58(94)67-33(5)50(86)68-38(22-23-44(63)79)52(88)73-42(29-46(82)83)56(92)72-41(28-35-17-12-11-13-18-35)55(91)69-37(19-14-15-26-77(7,8)9)53(89)76-49(34(6)78)59(95)74-43(30-47(84)85)57(93)71-40(27-31(2)3)54(90)70-39(60(96)97)20-16-25-66-61(64)65;3-2(4,5)1(6)7/h11-13,17-18,31-34,36-43,48-49,78H,10,14-16,19-30,62H2,1-9H3,(H19-,63,64,65,66,67,68,69,70,71,72,73,74,75,76,79,80,81,82,83,84,85,86,87,88,89,90,91,92,93,94,95,96,97);(H,6,7)/p+1/t32-,33-,34+,36-,37-,38-,39-,40-,41-,42-,43-,48-,49-;/m0./s1. The molecule has 41 heteroatoms. The van der Waals surface area contributed by atoms with Crippen LogP contribution in [0.25, 0.3) is 0 Å². The molecule has 0 spiro atoms. The number of aliphatic carboxylic acids is 5. The van der Waals surface area contributed by atoms with Crippen LogP contribution < -0.4 is 76.1 Å². The number of benzene rings is 1. The Morgan fingerprint density at radius 2 is 0.933 bits per heavy atom. The summed E-state index contributed by atoms with van der Waals surface area (Å²) < 4.78 is 32.2. The minimum Gasteiger partial charge on any atom is -0.481 e. The summed E-state index contributed by atoms with van der Waals surface area (Å²) in [5.41, 5.74) is 22.3. The molecule has 0 heterocycles. The number of alkyl halides is 3. The molecule has 1 rings (SSSR count). The van der Waals surface area contributed by atoms with Crippen molar-refractivity contribution in [3.63, 3.8) is 0 Å². The number of aliphatic imine (C=N–C) groups is 1. The number of carboxylic acid groups (broad SMARTS) is 5. The number of unbranched alkanes of at least 4 members (excludes halogenated alkanes) is 1. The Kier molecular flexibility index (Phi) is 41.7. The molecule has 24 N–H and O–H groups in total. The fourth-order valence-electron chi connectivity index (χ4n) is 9.37. The molecule has 1 aromatic carbocycles. The fraction of sp³-hybridized carbons (Fsp3) is 0.635. The Morgan fingerprint density at radius 1 is 0.500 bits per heavy atom. The van der Waals surface area contributed by atoms with Gasteiger partial charge in [-0.3, -0.25) is 72.1 Å². The van der Waals surface area contributed by atoms with Crippen molar-refractivity contribution in [3.8, 4) is 0 Å². The minimum absolute atomic E-state index is 0.0289. The predicted octanol–water partition coefficient (Wildman–Crippen LogP) is -4.38. The van der Waals surface area contributed by atoms with Crippen LogP contribution in [0.5, 0.6) is 0 Å². The number of carbonyl (C=O) groups is 16. The lowest BCUT2D eigenvalue weighted by Crippen LogP contribution is -2.62. The number of guanidine groups is 1. The molecule has 11 amide bonds. The number of nitrogens with zero attached hydrogens (tertiary/aromatic N) is 2. The molecule has 0 saturated heterocycles. The zero-order valence-electron chi connectivity index (χ0n) is 59.3. The minimum atomic E-state index is -5.08. The van der Waals surface area contributed by atoms with E-state index in [0.29, 0.717) is 29.4 Å². The predicted molar refractivity (Wildman–Crippen MR) is 361 cm³/mol. The quantitative estimate of drug-likeness (QED) is 0.0127. The van der Waals surface area contributed by atoms with Crippen LogP contribution in [-0.4, -0.2) is 249 Å². The highest BCUT2D eigenvalue weighted by atomic mass is 19.4. The third-order valence-electron chi connectivity index (χ3n) is 15.2. The van der Waals surface area contributed by atoms with Gasteiger partial charge in [-0.05, 0) is 82.6 Å². The normalized spacial score (nSPS) is 15.0. The average molecular weight is 1490 g/mol. The molecule has 0 saturated carbocycles. The number of primary amides is 1. The van der Waals surface area contributed by atoms with E-state index in [2.05, 4.69) is 58.2 Å². The summed E-state index contributed by atoms with van der Waals surface area (Å²) in [4.78, 5) is 212. The lowest BCUT2D eigenvalue weighted by atomic mass is 9.97. The van der Waals surface area contributed by atoms with Crippen LogP contribution in [0, 0.1) is 11.8 Å². The highest BCUT2D eigenvalue weighted by Crippen LogP contribution is 2.16. The maximum Gasteiger partial charge on any atom is 0.490 e. The molecule has 0 aliphatic heterocycles. The second kappa shape index (κ2) is 46.3. The van der Waals surface area contributed by atoms with E-state index in [1.54, 1.807) is 58.0 Å². The average Bonchev–Trinajstić information content (AvgIpc) is 0.857. The summed E-state index contributed by atoms with van der Waals surface area (Å²) in [5, 5.41) is 80.6. The zero-order valence-corrected chi connectivity index (χ0v) is 59.3. The molecule has 104 heavy (non-hydrogen) atoms. The molecule has 0 aliphatic carbocycles. The van der Waals surface area contributed by atoms with E-state index in [1.165, 1.54) is 6.92 Å². The van der Waals surface area contributed by atoms with Crippen LogP contribution in [-0.2, 0) is 83.1 Å². The van der Waals surface area contributed by atoms with Crippen molar-refractivity contribution >= 4 is 101 Å². The Labute approximate surface area is 597 Å². The summed E-state index contributed by atoms with van der Waals surface area (Å²) >= 11 is 0. The van der Waals surface area contributed by atoms with Crippen LogP contribution in [0.1, 0.15) is 131 Å². The van der Waals surface area contributed by atoms with Gasteiger partial charge in [0.15, 0.2) is 5.96 Å². The van der Waals surface area contributed by atoms with Crippen LogP contribution in [0.2, 0.25) is 0 Å². The number of hydrogen-bond acceptors (Lipinski definition) is 19. The number of hydrogen-bond donors (Lipinski definition) is 20. The van der Waals surface area contributed by atoms with E-state index in [-0.39, 0.29) is 63.4 Å². The molecule has 0 aromatic heterocycles. The van der Waals surface area contributed by atoms with Crippen molar-refractivity contribution in [3.05, 3.63) is 35.9 Å². The number of quaternary nitrogens is 1. The van der Waals surface area contributed by atoms with E-state index in [9.17, 15) is 106 Å². The van der Waals surface area contributed by atoms with E-state index in [4.69, 9.17) is 37.9 Å². The third kappa shape index (κ3) is 39.2. The topological polar surface area (TPSA) is 631 Å². The van der Waals surface area contributed by atoms with E-state index >= 15 is 0 Å². The Morgan fingerprint density at radius 3 is 1.40 bits per heavy atom. The van der Waals surface area contributed by atoms with Crippen molar-refractivity contribution in [2.24, 2.45) is 39.8 Å². The molecule has 1 aromatic rings. The van der Waals surface area contributed by atoms with E-state index < -0.39 is 212 Å². The molecular weight excluding hydrogens is 1390 g/mol. The first-order valence-corrected chi connectivity index (χ1v) is 32.9. The summed E-state index contributed by atoms with van der Waals surface area (Å²) in [5.74, 6) is -21.8. The number of amides is 11. The molecule has 0 radical (unpaired) electrons. The van der Waals surface area contributed by atoms with E-state index in [1.807, 2.05) is 21.1 Å². The van der Waals surface area contributed by atoms with Gasteiger partial charge in [-0.1, -0.05) is 64.4 Å². The highest BCUT2D eigenvalue weighted by Gasteiger charge is 2.40. The van der Waals surface area contributed by atoms with Crippen molar-refractivity contribution < 1.29 is 125 Å². The summed E-state index contributed by atoms with van der Waals surface area (Å²) in [7, 11) is 5.68. The molecule has 0 aliphatic rings. The Hall–Kier alpha value is -10.3. The monoisotopic (exact) mass is 1490 g/mol. The number of aliphatic hydroxyl groups excluding tert-OH is 1. The number of nitrogens with one attached hydrogen (secondary N) is 10. The van der Waals surface area contributed by atoms with Crippen molar-refractivity contribution in [2.75, 3.05) is 34.2 Å². The Balaban J connectivity index is 0.0000143. The zero-order chi connectivity index (χ0) is 80.1. The van der Waals surface area contributed by atoms with Gasteiger partial charge in [0.2, 0.25) is 65.0 Å². The van der Waals surface area contributed by atoms with Gasteiger partial charge in [-0.2, -0.15) is 13.2 Å². The maximum atomic E-state index is 14.7. The van der Waals surface area contributed by atoms with Crippen molar-refractivity contribution in [2.45, 2.75) is 210 Å². The van der Waals surface area contributed by atoms with Crippen LogP contribution in [0.4, 0.5) is 13.2 Å². The van der Waals surface area contributed by atoms with Crippen molar-refractivity contribution in [1.82, 2.24) is 53.2 Å². The van der Waals surface area contributed by atoms with Gasteiger partial charge in [0.05, 0.1) is 52.7 Å². The number of rotatable bonds is 47. The number of halogens is 3. The fourth-order valence-corrected chi connectivity index (χ4v) is 9.37. The molecule has 13 atom stereocenters. The Bertz CT molecular complexity index is 3140. The summed E-state index contributed by atoms with van der Waals surface area (Å²) in [6.07, 6.45) is -10.6. The molecular formula is C63H102F3N16O22+. The van der Waals surface area contributed by atoms with Gasteiger partial charge in [0.1, 0.15) is 60.4 Å². The van der Waals surface area contributed by atoms with Gasteiger partial charge in [-0.25, -0.2) is 9.59 Å². The smallest absolute Gasteiger partial charge is 0.481 e. The summed E-state index contributed by atoms with van der Waals surface area (Å²) in [6, 6.07) is -10.2. The summed E-state index contributed by atoms with van der Waals surface area (Å²) in [6.45, 7) is 9.50. The lowest BCUT2D eigenvalue weighted by Gasteiger charge is -2.29. The molecule has 38 nitrogen and oxygen atoms in total. The number of aliphatic hydroxyl groups is 1. The number of nitrogens with two attached hydrogens (primary N) is 4. The van der Waals surface area contributed by atoms with Crippen LogP contribution in [0.15, 0.2) is 35.3 Å². The largest absolute Gasteiger partial charge is 0.490 e. The van der Waals surface area contributed by atoms with E-state index in [0.717, 1.165) is 6.92 Å². The van der Waals surface area contributed by atoms with Gasteiger partial charge in [0, 0.05) is 25.8 Å². The SMILES string of the molecule is CC[C@H](C)[C@H](NC(=O)[C@@H](N)CCC(=O)O)C(=O)N[C@@H](C)C(=O)N[C@@H](CCC(N)=O)C(=O)N[C@@H](CC(=O)O)C(=O)N[C@@H](Cc1ccccc1)C(=O)N[C@@H](CCCC[N+](C)(C)C)C(=O)N[C@H](C(=O)N[C@@H](CC(=O)O)C(=O)N[C@@H](CC(C)C)C(=O)N[C@@H](CCCN=C(N)N)C(=O)O)[C@@H](C)O.O=C(O)C(F)(F)F. The lowest BCUT2D eigenvalue weighted by molar-refractivity contribution is -0.870. The van der Waals surface area contributed by atoms with Crippen LogP contribution in [0.3, 0.4) is 0 Å². The number of carbonyl (C=O) groups excluding carboxylic acids is 11. The van der Waals surface area contributed by atoms with Gasteiger partial charge in [-0.15, -0.1) is 0 Å². The van der Waals surface area contributed by atoms with Crippen molar-refractivity contribution in [1.29, 1.82) is 0 Å². The number of carboxylic acids is 5. The molecule has 586 valence electrons. The second-order valence-corrected chi connectivity index (χ2v) is 25.9. The van der Waals surface area contributed by atoms with Gasteiger partial charge >= 0.3 is 36.0 Å². The van der Waals surface area contributed by atoms with Gasteiger partial charge in [0.25, 0.3) is 0 Å². The first kappa shape index (κ1) is 93.7. The third-order valence-corrected chi connectivity index (χ3v) is 15.2. The van der Waals surface area contributed by atoms with Crippen LogP contribution >= 0.6 is 0 Å². The molecule has 0 unspecified atom stereocenters. The second-order valence-electron chi connectivity index (χ2n) is 25.9. The first-order chi connectivity index (χ1) is 48.1.